The largest absolute Gasteiger partial charge is 0.493 e. The summed E-state index contributed by atoms with van der Waals surface area (Å²) in [6.07, 6.45) is 0. The van der Waals surface area contributed by atoms with Crippen molar-refractivity contribution in [3.8, 4) is 11.5 Å². The van der Waals surface area contributed by atoms with E-state index >= 15 is 0 Å². The molecule has 0 radical (unpaired) electrons. The normalized spacial score (nSPS) is 10.0. The second-order valence-corrected chi connectivity index (χ2v) is 4.83. The van der Waals surface area contributed by atoms with Gasteiger partial charge in [-0.25, -0.2) is 4.39 Å². The predicted octanol–water partition coefficient (Wildman–Crippen LogP) is 2.57. The van der Waals surface area contributed by atoms with Crippen molar-refractivity contribution in [3.63, 3.8) is 0 Å². The molecule has 0 spiro atoms. The van der Waals surface area contributed by atoms with Gasteiger partial charge in [0.25, 0.3) is 0 Å². The van der Waals surface area contributed by atoms with Gasteiger partial charge in [-0.2, -0.15) is 0 Å². The molecule has 23 heavy (non-hydrogen) atoms. The van der Waals surface area contributed by atoms with E-state index in [2.05, 4.69) is 10.6 Å². The van der Waals surface area contributed by atoms with Crippen LogP contribution < -0.4 is 20.1 Å². The lowest BCUT2D eigenvalue weighted by Crippen LogP contribution is -2.29. The van der Waals surface area contributed by atoms with Crippen molar-refractivity contribution in [2.24, 2.45) is 0 Å². The molecule has 0 aliphatic rings. The zero-order valence-corrected chi connectivity index (χ0v) is 13.1. The molecule has 2 N–H and O–H groups in total. The number of hydrogen-bond acceptors (Lipinski definition) is 4. The molecule has 0 aromatic heterocycles. The van der Waals surface area contributed by atoms with Crippen molar-refractivity contribution in [2.45, 2.75) is 6.54 Å². The highest BCUT2D eigenvalue weighted by Crippen LogP contribution is 2.27. The Bertz CT molecular complexity index is 677. The molecule has 0 saturated carbocycles. The quantitative estimate of drug-likeness (QED) is 0.824. The Hall–Kier alpha value is -2.76. The smallest absolute Gasteiger partial charge is 0.239 e. The minimum atomic E-state index is -0.347. The number of rotatable bonds is 7. The lowest BCUT2D eigenvalue weighted by atomic mass is 10.2. The molecule has 6 heteroatoms. The Labute approximate surface area is 134 Å². The third kappa shape index (κ3) is 4.88. The van der Waals surface area contributed by atoms with Crippen molar-refractivity contribution in [3.05, 3.63) is 53.8 Å². The number of carbonyl (C=O) groups excluding carboxylic acids is 1. The number of anilines is 1. The number of nitrogens with one attached hydrogen (secondary N) is 2. The first-order chi connectivity index (χ1) is 11.1. The molecule has 2 aromatic rings. The SMILES string of the molecule is COc1ccc(CNC(=O)CNc2cccc(F)c2)cc1OC. The second kappa shape index (κ2) is 8.03. The van der Waals surface area contributed by atoms with Gasteiger partial charge in [-0.3, -0.25) is 4.79 Å². The molecule has 0 saturated heterocycles. The molecule has 2 aromatic carbocycles. The summed E-state index contributed by atoms with van der Waals surface area (Å²) in [6.45, 7) is 0.431. The summed E-state index contributed by atoms with van der Waals surface area (Å²) in [5.74, 6) is 0.706. The molecule has 0 bridgehead atoms. The number of ether oxygens (including phenoxy) is 2. The summed E-state index contributed by atoms with van der Waals surface area (Å²) in [6, 6.07) is 11.4. The average molecular weight is 318 g/mol. The van der Waals surface area contributed by atoms with Gasteiger partial charge in [0.1, 0.15) is 5.82 Å². The van der Waals surface area contributed by atoms with Gasteiger partial charge >= 0.3 is 0 Å². The average Bonchev–Trinajstić information content (AvgIpc) is 2.57. The minimum absolute atomic E-state index is 0.0662. The van der Waals surface area contributed by atoms with Gasteiger partial charge < -0.3 is 20.1 Å². The minimum Gasteiger partial charge on any atom is -0.493 e. The summed E-state index contributed by atoms with van der Waals surface area (Å²) in [7, 11) is 3.13. The molecule has 5 nitrogen and oxygen atoms in total. The van der Waals surface area contributed by atoms with E-state index in [1.165, 1.54) is 12.1 Å². The first-order valence-electron chi connectivity index (χ1n) is 7.09. The van der Waals surface area contributed by atoms with Crippen LogP contribution in [0.2, 0.25) is 0 Å². The summed E-state index contributed by atoms with van der Waals surface area (Å²) >= 11 is 0. The second-order valence-electron chi connectivity index (χ2n) is 4.83. The maximum atomic E-state index is 13.0. The predicted molar refractivity (Wildman–Crippen MR) is 86.3 cm³/mol. The molecular weight excluding hydrogens is 299 g/mol. The van der Waals surface area contributed by atoms with Crippen molar-refractivity contribution in [1.82, 2.24) is 5.32 Å². The van der Waals surface area contributed by atoms with E-state index in [0.717, 1.165) is 5.56 Å². The molecule has 0 aliphatic carbocycles. The van der Waals surface area contributed by atoms with Gasteiger partial charge in [-0.05, 0) is 35.9 Å². The molecule has 0 heterocycles. The summed E-state index contributed by atoms with van der Waals surface area (Å²) in [5.41, 5.74) is 1.45. The van der Waals surface area contributed by atoms with Crippen LogP contribution in [-0.2, 0) is 11.3 Å². The fraction of sp³-hybridized carbons (Fsp3) is 0.235. The van der Waals surface area contributed by atoms with Crippen LogP contribution >= 0.6 is 0 Å². The number of amides is 1. The van der Waals surface area contributed by atoms with Gasteiger partial charge in [0.2, 0.25) is 5.91 Å². The zero-order chi connectivity index (χ0) is 16.7. The van der Waals surface area contributed by atoms with Crippen LogP contribution in [0.1, 0.15) is 5.56 Å². The molecule has 0 fully saturated rings. The lowest BCUT2D eigenvalue weighted by Gasteiger charge is -2.11. The van der Waals surface area contributed by atoms with E-state index in [0.29, 0.717) is 23.7 Å². The van der Waals surface area contributed by atoms with Crippen LogP contribution in [0.3, 0.4) is 0 Å². The van der Waals surface area contributed by atoms with Crippen LogP contribution in [0.4, 0.5) is 10.1 Å². The van der Waals surface area contributed by atoms with Crippen LogP contribution in [0.15, 0.2) is 42.5 Å². The fourth-order valence-corrected chi connectivity index (χ4v) is 2.03. The van der Waals surface area contributed by atoms with Crippen molar-refractivity contribution < 1.29 is 18.7 Å². The number of halogens is 1. The van der Waals surface area contributed by atoms with E-state index in [-0.39, 0.29) is 18.3 Å². The van der Waals surface area contributed by atoms with Gasteiger partial charge in [0.15, 0.2) is 11.5 Å². The Balaban J connectivity index is 1.84. The molecule has 1 amide bonds. The van der Waals surface area contributed by atoms with Gasteiger partial charge in [-0.1, -0.05) is 12.1 Å². The summed E-state index contributed by atoms with van der Waals surface area (Å²) < 4.78 is 23.4. The Morgan fingerprint density at radius 3 is 2.57 bits per heavy atom. The maximum absolute atomic E-state index is 13.0. The molecule has 0 atom stereocenters. The Morgan fingerprint density at radius 2 is 1.87 bits per heavy atom. The summed E-state index contributed by atoms with van der Waals surface area (Å²) in [4.78, 5) is 11.8. The standard InChI is InChI=1S/C17H19FN2O3/c1-22-15-7-6-12(8-16(15)23-2)10-20-17(21)11-19-14-5-3-4-13(18)9-14/h3-9,19H,10-11H2,1-2H3,(H,20,21). The Kier molecular flexibility index (Phi) is 5.80. The highest BCUT2D eigenvalue weighted by Gasteiger charge is 2.06. The van der Waals surface area contributed by atoms with Crippen LogP contribution in [0, 0.1) is 5.82 Å². The van der Waals surface area contributed by atoms with Gasteiger partial charge in [0, 0.05) is 12.2 Å². The fourth-order valence-electron chi connectivity index (χ4n) is 2.03. The molecular formula is C17H19FN2O3. The molecule has 122 valence electrons. The zero-order valence-electron chi connectivity index (χ0n) is 13.1. The van der Waals surface area contributed by atoms with E-state index in [9.17, 15) is 9.18 Å². The van der Waals surface area contributed by atoms with E-state index < -0.39 is 0 Å². The van der Waals surface area contributed by atoms with Crippen molar-refractivity contribution in [1.29, 1.82) is 0 Å². The maximum Gasteiger partial charge on any atom is 0.239 e. The first kappa shape index (κ1) is 16.6. The van der Waals surface area contributed by atoms with Crippen molar-refractivity contribution >= 4 is 11.6 Å². The number of hydrogen-bond donors (Lipinski definition) is 2. The Morgan fingerprint density at radius 1 is 1.09 bits per heavy atom. The molecule has 0 unspecified atom stereocenters. The van der Waals surface area contributed by atoms with Crippen LogP contribution in [-0.4, -0.2) is 26.7 Å². The highest BCUT2D eigenvalue weighted by molar-refractivity contribution is 5.80. The molecule has 0 aliphatic heterocycles. The van der Waals surface area contributed by atoms with E-state index in [1.54, 1.807) is 38.5 Å². The third-order valence-electron chi connectivity index (χ3n) is 3.22. The van der Waals surface area contributed by atoms with Crippen LogP contribution in [0.25, 0.3) is 0 Å². The molecule has 2 rings (SSSR count). The topological polar surface area (TPSA) is 59.6 Å². The highest BCUT2D eigenvalue weighted by atomic mass is 19.1. The third-order valence-corrected chi connectivity index (χ3v) is 3.22. The number of methoxy groups -OCH3 is 2. The van der Waals surface area contributed by atoms with E-state index in [4.69, 9.17) is 9.47 Å². The summed E-state index contributed by atoms with van der Waals surface area (Å²) in [5, 5.41) is 5.65. The number of carbonyl (C=O) groups is 1. The monoisotopic (exact) mass is 318 g/mol. The van der Waals surface area contributed by atoms with Gasteiger partial charge in [-0.15, -0.1) is 0 Å². The van der Waals surface area contributed by atoms with E-state index in [1.807, 2.05) is 6.07 Å². The van der Waals surface area contributed by atoms with Crippen LogP contribution in [0.5, 0.6) is 11.5 Å². The number of benzene rings is 2. The van der Waals surface area contributed by atoms with Crippen molar-refractivity contribution in [2.75, 3.05) is 26.1 Å². The lowest BCUT2D eigenvalue weighted by molar-refractivity contribution is -0.119. The first-order valence-corrected chi connectivity index (χ1v) is 7.09. The van der Waals surface area contributed by atoms with Gasteiger partial charge in [0.05, 0.1) is 20.8 Å².